The number of nitrogens with zero attached hydrogens (tertiary/aromatic N) is 1. The molecule has 1 saturated heterocycles. The minimum atomic E-state index is -3.47. The molecule has 0 amide bonds. The van der Waals surface area contributed by atoms with Crippen LogP contribution in [0.3, 0.4) is 0 Å². The Balaban J connectivity index is 1.84. The Labute approximate surface area is 135 Å². The topological polar surface area (TPSA) is 103 Å². The van der Waals surface area contributed by atoms with Gasteiger partial charge in [-0.2, -0.15) is 0 Å². The number of ether oxygens (including phenoxy) is 2. The van der Waals surface area contributed by atoms with Crippen molar-refractivity contribution < 1.29 is 27.8 Å². The van der Waals surface area contributed by atoms with Crippen molar-refractivity contribution in [3.63, 3.8) is 0 Å². The van der Waals surface area contributed by atoms with E-state index in [-0.39, 0.29) is 44.2 Å². The van der Waals surface area contributed by atoms with Gasteiger partial charge in [0.15, 0.2) is 9.84 Å². The maximum absolute atomic E-state index is 12.3. The molecule has 0 aliphatic carbocycles. The first-order chi connectivity index (χ1) is 10.9. The fourth-order valence-electron chi connectivity index (χ4n) is 2.58. The van der Waals surface area contributed by atoms with Gasteiger partial charge in [0.1, 0.15) is 5.75 Å². The maximum atomic E-state index is 12.3. The smallest absolute Gasteiger partial charge is 0.310 e. The maximum Gasteiger partial charge on any atom is 0.310 e. The van der Waals surface area contributed by atoms with E-state index < -0.39 is 21.2 Å². The van der Waals surface area contributed by atoms with Crippen LogP contribution in [0.1, 0.15) is 19.3 Å². The molecule has 0 radical (unpaired) electrons. The zero-order chi connectivity index (χ0) is 16.8. The Morgan fingerprint density at radius 2 is 1.96 bits per heavy atom. The zero-order valence-electron chi connectivity index (χ0n) is 12.8. The van der Waals surface area contributed by atoms with Crippen LogP contribution in [0.25, 0.3) is 0 Å². The molecule has 0 spiro atoms. The van der Waals surface area contributed by atoms with Crippen molar-refractivity contribution in [3.8, 4) is 5.75 Å². The van der Waals surface area contributed by atoms with E-state index in [1.807, 2.05) is 0 Å². The molecule has 0 saturated carbocycles. The molecule has 0 bridgehead atoms. The van der Waals surface area contributed by atoms with Crippen molar-refractivity contribution in [2.45, 2.75) is 19.3 Å². The summed E-state index contributed by atoms with van der Waals surface area (Å²) in [5, 5.41) is 9.42. The van der Waals surface area contributed by atoms with E-state index in [2.05, 4.69) is 4.98 Å². The second-order valence-corrected chi connectivity index (χ2v) is 7.86. The number of carboxylic acids is 1. The normalized spacial score (nSPS) is 17.6. The molecule has 1 aromatic heterocycles. The van der Waals surface area contributed by atoms with Crippen LogP contribution in [0.5, 0.6) is 5.75 Å². The molecule has 0 aromatic carbocycles. The molecule has 1 fully saturated rings. The van der Waals surface area contributed by atoms with Crippen molar-refractivity contribution in [2.75, 3.05) is 31.3 Å². The third-order valence-corrected chi connectivity index (χ3v) is 5.82. The van der Waals surface area contributed by atoms with Crippen LogP contribution in [0, 0.1) is 5.41 Å². The summed E-state index contributed by atoms with van der Waals surface area (Å²) in [7, 11) is -3.47. The van der Waals surface area contributed by atoms with Crippen LogP contribution in [-0.2, 0) is 19.4 Å². The van der Waals surface area contributed by atoms with Crippen LogP contribution < -0.4 is 4.74 Å². The first-order valence-corrected chi connectivity index (χ1v) is 9.30. The van der Waals surface area contributed by atoms with Gasteiger partial charge in [-0.15, -0.1) is 0 Å². The molecule has 8 heteroatoms. The number of aromatic nitrogens is 1. The summed E-state index contributed by atoms with van der Waals surface area (Å²) in [5.74, 6) is -0.858. The van der Waals surface area contributed by atoms with E-state index in [1.54, 1.807) is 24.5 Å². The average molecular weight is 343 g/mol. The summed E-state index contributed by atoms with van der Waals surface area (Å²) in [4.78, 5) is 15.4. The summed E-state index contributed by atoms with van der Waals surface area (Å²) in [6.45, 7) is 0.826. The second kappa shape index (κ2) is 7.74. The third kappa shape index (κ3) is 5.18. The molecule has 2 rings (SSSR count). The number of carbonyl (C=O) groups is 1. The Hall–Kier alpha value is -1.67. The first-order valence-electron chi connectivity index (χ1n) is 7.48. The number of carboxylic acid groups (broad SMARTS) is 1. The highest BCUT2D eigenvalue weighted by atomic mass is 32.2. The summed E-state index contributed by atoms with van der Waals surface area (Å²) in [6, 6.07) is 3.38. The van der Waals surface area contributed by atoms with Gasteiger partial charge in [0.2, 0.25) is 0 Å². The van der Waals surface area contributed by atoms with Crippen molar-refractivity contribution in [1.82, 2.24) is 4.98 Å². The third-order valence-electron chi connectivity index (χ3n) is 3.92. The van der Waals surface area contributed by atoms with Crippen molar-refractivity contribution in [1.29, 1.82) is 0 Å². The first kappa shape index (κ1) is 17.7. The minimum absolute atomic E-state index is 0.0893. The number of sulfone groups is 1. The van der Waals surface area contributed by atoms with Crippen LogP contribution in [0.2, 0.25) is 0 Å². The molecule has 2 heterocycles. The highest BCUT2D eigenvalue weighted by molar-refractivity contribution is 7.91. The molecule has 1 aliphatic rings. The molecule has 0 atom stereocenters. The van der Waals surface area contributed by atoms with Crippen LogP contribution in [0.15, 0.2) is 24.5 Å². The van der Waals surface area contributed by atoms with E-state index in [9.17, 15) is 18.3 Å². The Morgan fingerprint density at radius 1 is 1.30 bits per heavy atom. The van der Waals surface area contributed by atoms with Crippen LogP contribution in [0.4, 0.5) is 0 Å². The number of pyridine rings is 1. The molecule has 128 valence electrons. The van der Waals surface area contributed by atoms with Crippen molar-refractivity contribution in [2.24, 2.45) is 5.41 Å². The Kier molecular flexibility index (Phi) is 5.95. The van der Waals surface area contributed by atoms with Crippen molar-refractivity contribution >= 4 is 15.8 Å². The van der Waals surface area contributed by atoms with Gasteiger partial charge in [-0.3, -0.25) is 9.78 Å². The summed E-state index contributed by atoms with van der Waals surface area (Å²) < 4.78 is 35.1. The highest BCUT2D eigenvalue weighted by Gasteiger charge is 2.43. The van der Waals surface area contributed by atoms with E-state index in [0.29, 0.717) is 12.2 Å². The Morgan fingerprint density at radius 3 is 2.57 bits per heavy atom. The van der Waals surface area contributed by atoms with E-state index in [1.165, 1.54) is 0 Å². The molecular formula is C15H21NO6S. The minimum Gasteiger partial charge on any atom is -0.493 e. The summed E-state index contributed by atoms with van der Waals surface area (Å²) in [6.07, 6.45) is 3.96. The molecule has 1 aliphatic heterocycles. The lowest BCUT2D eigenvalue weighted by Gasteiger charge is -2.32. The Bertz CT molecular complexity index is 610. The zero-order valence-corrected chi connectivity index (χ0v) is 13.6. The number of aliphatic carboxylic acids is 1. The second-order valence-electron chi connectivity index (χ2n) is 5.67. The monoisotopic (exact) mass is 343 g/mol. The van der Waals surface area contributed by atoms with Gasteiger partial charge in [0.25, 0.3) is 0 Å². The SMILES string of the molecule is O=C(O)C1(CS(=O)(=O)CCCOc2ccncc2)CCOCC1. The van der Waals surface area contributed by atoms with E-state index in [4.69, 9.17) is 9.47 Å². The van der Waals surface area contributed by atoms with Gasteiger partial charge >= 0.3 is 5.97 Å². The van der Waals surface area contributed by atoms with Gasteiger partial charge in [-0.05, 0) is 31.4 Å². The summed E-state index contributed by atoms with van der Waals surface area (Å²) >= 11 is 0. The van der Waals surface area contributed by atoms with Gasteiger partial charge in [-0.25, -0.2) is 8.42 Å². The largest absolute Gasteiger partial charge is 0.493 e. The predicted molar refractivity (Wildman–Crippen MR) is 83.1 cm³/mol. The van der Waals surface area contributed by atoms with Crippen LogP contribution in [-0.4, -0.2) is 55.8 Å². The fourth-order valence-corrected chi connectivity index (χ4v) is 4.53. The fraction of sp³-hybridized carbons (Fsp3) is 0.600. The van der Waals surface area contributed by atoms with Crippen molar-refractivity contribution in [3.05, 3.63) is 24.5 Å². The number of hydrogen-bond donors (Lipinski definition) is 1. The standard InChI is InChI=1S/C15H21NO6S/c17-14(18)15(4-9-21-10-5-15)12-23(19,20)11-1-8-22-13-2-6-16-7-3-13/h2-3,6-7H,1,4-5,8-12H2,(H,17,18). The van der Waals surface area contributed by atoms with Gasteiger partial charge in [-0.1, -0.05) is 0 Å². The average Bonchev–Trinajstić information content (AvgIpc) is 2.53. The van der Waals surface area contributed by atoms with E-state index >= 15 is 0 Å². The van der Waals surface area contributed by atoms with Gasteiger partial charge < -0.3 is 14.6 Å². The summed E-state index contributed by atoms with van der Waals surface area (Å²) in [5.41, 5.74) is -1.22. The lowest BCUT2D eigenvalue weighted by molar-refractivity contribution is -0.152. The molecule has 23 heavy (non-hydrogen) atoms. The quantitative estimate of drug-likeness (QED) is 0.706. The number of rotatable bonds is 8. The molecule has 1 aromatic rings. The van der Waals surface area contributed by atoms with Gasteiger partial charge in [0.05, 0.1) is 23.5 Å². The lowest BCUT2D eigenvalue weighted by Crippen LogP contribution is -2.43. The molecule has 1 N–H and O–H groups in total. The number of hydrogen-bond acceptors (Lipinski definition) is 6. The van der Waals surface area contributed by atoms with Gasteiger partial charge in [0, 0.05) is 25.6 Å². The molecular weight excluding hydrogens is 322 g/mol. The van der Waals surface area contributed by atoms with E-state index in [0.717, 1.165) is 0 Å². The molecule has 0 unspecified atom stereocenters. The lowest BCUT2D eigenvalue weighted by atomic mass is 9.82. The predicted octanol–water partition coefficient (Wildman–Crippen LogP) is 1.15. The highest BCUT2D eigenvalue weighted by Crippen LogP contribution is 2.32. The van der Waals surface area contributed by atoms with Crippen LogP contribution >= 0.6 is 0 Å². The molecule has 7 nitrogen and oxygen atoms in total.